The van der Waals surface area contributed by atoms with Crippen LogP contribution >= 0.6 is 0 Å². The van der Waals surface area contributed by atoms with E-state index in [2.05, 4.69) is 15.3 Å². The molecule has 2 aliphatic carbocycles. The number of halogens is 1. The first-order valence-electron chi connectivity index (χ1n) is 14.9. The number of amidine groups is 1. The van der Waals surface area contributed by atoms with Gasteiger partial charge >= 0.3 is 0 Å². The number of methoxy groups -OCH3 is 1. The summed E-state index contributed by atoms with van der Waals surface area (Å²) in [6.45, 7) is 2.19. The van der Waals surface area contributed by atoms with E-state index >= 15 is 0 Å². The fraction of sp³-hybridized carbons (Fsp3) is 0.406. The lowest BCUT2D eigenvalue weighted by Crippen LogP contribution is -2.78. The number of nitrogens with two attached hydrogens (primary N) is 2. The minimum atomic E-state index is -0.618. The molecule has 7 rings (SSSR count). The summed E-state index contributed by atoms with van der Waals surface area (Å²) in [5.41, 5.74) is 10.6. The van der Waals surface area contributed by atoms with Gasteiger partial charge in [0.2, 0.25) is 6.29 Å². The number of ketones is 1. The summed E-state index contributed by atoms with van der Waals surface area (Å²) in [4.78, 5) is 48.3. The van der Waals surface area contributed by atoms with Gasteiger partial charge in [0.15, 0.2) is 23.2 Å². The summed E-state index contributed by atoms with van der Waals surface area (Å²) in [6, 6.07) is 7.66. The zero-order chi connectivity index (χ0) is 30.9. The van der Waals surface area contributed by atoms with Crippen LogP contribution in [0, 0.1) is 17.2 Å². The highest BCUT2D eigenvalue weighted by Gasteiger charge is 2.72. The maximum Gasteiger partial charge on any atom is 0.287 e. The largest absolute Gasteiger partial charge is 0.494 e. The minimum absolute atomic E-state index is 0.00302. The molecule has 2 saturated carbocycles. The number of piperidine rings is 1. The number of hydrazine groups is 1. The lowest BCUT2D eigenvalue weighted by molar-refractivity contribution is -0.204. The quantitative estimate of drug-likeness (QED) is 0.258. The maximum atomic E-state index is 14.3. The highest BCUT2D eigenvalue weighted by molar-refractivity contribution is 6.25. The molecular formula is C32H34FN7O4. The summed E-state index contributed by atoms with van der Waals surface area (Å²) in [6.07, 6.45) is 5.93. The molecule has 228 valence electrons. The Kier molecular flexibility index (Phi) is 6.67. The van der Waals surface area contributed by atoms with E-state index in [1.165, 1.54) is 18.2 Å². The van der Waals surface area contributed by atoms with Crippen molar-refractivity contribution in [2.75, 3.05) is 13.7 Å². The van der Waals surface area contributed by atoms with E-state index in [4.69, 9.17) is 16.3 Å². The Morgan fingerprint density at radius 3 is 2.70 bits per heavy atom. The Bertz CT molecular complexity index is 1690. The highest BCUT2D eigenvalue weighted by Crippen LogP contribution is 2.67. The normalized spacial score (nSPS) is 28.9. The molecule has 11 nitrogen and oxygen atoms in total. The zero-order valence-electron chi connectivity index (χ0n) is 24.5. The van der Waals surface area contributed by atoms with Crippen molar-refractivity contribution in [2.45, 2.75) is 57.2 Å². The standard InChI is InChI=1S/C32H34FN7O4/c1-16(18-3-5-21(37-14-18)17-4-6-23(44-2)20(33)13-17)30-38-28(26-22(42)9-12-36-31(26)40(30)35)27(34)19-7-10-32-11-8-24(32)39(29(19)32)25(43)15-41/h3-6,13-15,19,24,27,29,38H,7-12,34-35H2,1-2H3/b30-16+. The monoisotopic (exact) mass is 599 g/mol. The number of carbonyl (C=O) groups is 3. The summed E-state index contributed by atoms with van der Waals surface area (Å²) >= 11 is 0. The number of aliphatic imine (C=N–C) groups is 1. The van der Waals surface area contributed by atoms with Crippen molar-refractivity contribution in [1.82, 2.24) is 20.2 Å². The number of aromatic nitrogens is 1. The van der Waals surface area contributed by atoms with Crippen molar-refractivity contribution in [3.63, 3.8) is 0 Å². The second kappa shape index (κ2) is 10.3. The number of fused-ring (bicyclic) bond motifs is 1. The predicted octanol–water partition coefficient (Wildman–Crippen LogP) is 2.28. The van der Waals surface area contributed by atoms with E-state index in [0.29, 0.717) is 47.0 Å². The molecule has 0 bridgehead atoms. The number of carbonyl (C=O) groups excluding carboxylic acids is 3. The number of pyridine rings is 1. The average Bonchev–Trinajstić information content (AvgIpc) is 3.42. The molecule has 0 radical (unpaired) electrons. The first kappa shape index (κ1) is 28.4. The van der Waals surface area contributed by atoms with Crippen molar-refractivity contribution in [1.29, 1.82) is 0 Å². The van der Waals surface area contributed by atoms with E-state index in [0.717, 1.165) is 36.8 Å². The number of likely N-dealkylation sites (tertiary alicyclic amines) is 1. The van der Waals surface area contributed by atoms with Crippen LogP contribution in [0.5, 0.6) is 5.75 Å². The van der Waals surface area contributed by atoms with Gasteiger partial charge in [-0.15, -0.1) is 0 Å². The van der Waals surface area contributed by atoms with E-state index in [1.54, 1.807) is 29.3 Å². The van der Waals surface area contributed by atoms with Crippen molar-refractivity contribution in [3.05, 3.63) is 65.0 Å². The SMILES string of the molecule is COc1ccc(-c2ccc(/C(C)=C3\NC(C(N)C4CCC56CCC5N(C(=O)C=O)C46)=C4C(=O)CCN=C4N3N)cn2)cc1F. The Hall–Kier alpha value is -4.42. The van der Waals surface area contributed by atoms with Crippen molar-refractivity contribution in [2.24, 2.45) is 27.9 Å². The molecule has 1 aromatic heterocycles. The van der Waals surface area contributed by atoms with Gasteiger partial charge in [0.25, 0.3) is 5.91 Å². The number of benzene rings is 1. The van der Waals surface area contributed by atoms with E-state index in [9.17, 15) is 18.8 Å². The van der Waals surface area contributed by atoms with Gasteiger partial charge in [-0.1, -0.05) is 6.07 Å². The van der Waals surface area contributed by atoms with Gasteiger partial charge in [-0.25, -0.2) is 15.2 Å². The van der Waals surface area contributed by atoms with Crippen LogP contribution in [0.4, 0.5) is 4.39 Å². The summed E-state index contributed by atoms with van der Waals surface area (Å²) < 4.78 is 19.3. The van der Waals surface area contributed by atoms with E-state index in [1.807, 2.05) is 13.0 Å². The number of hydrogen-bond donors (Lipinski definition) is 3. The third-order valence-electron chi connectivity index (χ3n) is 10.4. The van der Waals surface area contributed by atoms with E-state index < -0.39 is 17.8 Å². The molecule has 1 saturated heterocycles. The second-order valence-electron chi connectivity index (χ2n) is 12.2. The predicted molar refractivity (Wildman–Crippen MR) is 160 cm³/mol. The zero-order valence-corrected chi connectivity index (χ0v) is 24.5. The van der Waals surface area contributed by atoms with Crippen molar-refractivity contribution < 1.29 is 23.5 Å². The maximum absolute atomic E-state index is 14.3. The first-order chi connectivity index (χ1) is 21.2. The second-order valence-corrected chi connectivity index (χ2v) is 12.2. The van der Waals surface area contributed by atoms with Crippen molar-refractivity contribution >= 4 is 29.4 Å². The molecule has 5 aliphatic rings. The van der Waals surface area contributed by atoms with Crippen LogP contribution in [0.2, 0.25) is 0 Å². The third kappa shape index (κ3) is 3.97. The molecule has 3 fully saturated rings. The molecule has 5 N–H and O–H groups in total. The molecule has 5 unspecified atom stereocenters. The number of aldehydes is 1. The number of nitrogens with one attached hydrogen (secondary N) is 1. The van der Waals surface area contributed by atoms with Crippen LogP contribution in [0.3, 0.4) is 0 Å². The molecule has 1 aromatic carbocycles. The third-order valence-corrected chi connectivity index (χ3v) is 10.4. The lowest BCUT2D eigenvalue weighted by Gasteiger charge is -2.69. The first-order valence-corrected chi connectivity index (χ1v) is 14.9. The fourth-order valence-electron chi connectivity index (χ4n) is 8.09. The van der Waals surface area contributed by atoms with Crippen LogP contribution in [-0.2, 0) is 14.4 Å². The van der Waals surface area contributed by atoms with Gasteiger partial charge in [-0.05, 0) is 62.4 Å². The van der Waals surface area contributed by atoms with Gasteiger partial charge in [-0.2, -0.15) is 0 Å². The van der Waals surface area contributed by atoms with Crippen LogP contribution < -0.4 is 21.6 Å². The van der Waals surface area contributed by atoms with Gasteiger partial charge in [0.05, 0.1) is 24.4 Å². The number of nitrogens with zero attached hydrogens (tertiary/aromatic N) is 4. The number of amides is 1. The summed E-state index contributed by atoms with van der Waals surface area (Å²) in [5, 5.41) is 4.79. The fourth-order valence-corrected chi connectivity index (χ4v) is 8.09. The van der Waals surface area contributed by atoms with Crippen LogP contribution in [0.1, 0.15) is 44.6 Å². The number of rotatable bonds is 6. The smallest absolute Gasteiger partial charge is 0.287 e. The molecule has 1 spiro atoms. The molecule has 4 heterocycles. The highest BCUT2D eigenvalue weighted by atomic mass is 19.1. The topological polar surface area (TPSA) is 156 Å². The summed E-state index contributed by atoms with van der Waals surface area (Å²) in [5.74, 6) is 6.38. The Labute approximate surface area is 253 Å². The van der Waals surface area contributed by atoms with Gasteiger partial charge in [-0.3, -0.25) is 24.4 Å². The Morgan fingerprint density at radius 2 is 2.05 bits per heavy atom. The molecule has 5 atom stereocenters. The van der Waals surface area contributed by atoms with Crippen LogP contribution in [0.25, 0.3) is 16.8 Å². The van der Waals surface area contributed by atoms with Gasteiger partial charge in [0, 0.05) is 59.4 Å². The summed E-state index contributed by atoms with van der Waals surface area (Å²) in [7, 11) is 1.41. The molecule has 2 aromatic rings. The number of ether oxygens (including phenoxy) is 1. The Balaban J connectivity index is 1.23. The van der Waals surface area contributed by atoms with Crippen LogP contribution in [-0.4, -0.2) is 70.5 Å². The molecule has 1 amide bonds. The van der Waals surface area contributed by atoms with Gasteiger partial charge in [0.1, 0.15) is 5.82 Å². The number of allylic oxidation sites excluding steroid dienone is 1. The Morgan fingerprint density at radius 1 is 1.25 bits per heavy atom. The molecule has 12 heteroatoms. The molecular weight excluding hydrogens is 565 g/mol. The average molecular weight is 600 g/mol. The van der Waals surface area contributed by atoms with Crippen molar-refractivity contribution in [3.8, 4) is 17.0 Å². The number of Topliss-reactive ketones (excluding diaryl/α,β-unsaturated/α-hetero) is 1. The molecule has 3 aliphatic heterocycles. The minimum Gasteiger partial charge on any atom is -0.494 e. The lowest BCUT2D eigenvalue weighted by atomic mass is 9.52. The van der Waals surface area contributed by atoms with Gasteiger partial charge < -0.3 is 20.7 Å². The molecule has 44 heavy (non-hydrogen) atoms. The van der Waals surface area contributed by atoms with Crippen LogP contribution in [0.15, 0.2) is 58.6 Å². The number of hydrogen-bond acceptors (Lipinski definition) is 10. The van der Waals surface area contributed by atoms with E-state index in [-0.39, 0.29) is 41.4 Å².